The number of hydrogen-bond acceptors (Lipinski definition) is 1. The molecule has 0 aliphatic heterocycles. The summed E-state index contributed by atoms with van der Waals surface area (Å²) in [6.07, 6.45) is 9.72. The van der Waals surface area contributed by atoms with Gasteiger partial charge in [-0.1, -0.05) is 33.1 Å². The summed E-state index contributed by atoms with van der Waals surface area (Å²) in [5, 5.41) is 0. The van der Waals surface area contributed by atoms with Crippen LogP contribution in [0.2, 0.25) is 0 Å². The van der Waals surface area contributed by atoms with E-state index in [9.17, 15) is 4.79 Å². The minimum Gasteiger partial charge on any atom is -0.299 e. The molecular weight excluding hydrogens is 196 g/mol. The van der Waals surface area contributed by atoms with Gasteiger partial charge in [-0.3, -0.25) is 4.79 Å². The van der Waals surface area contributed by atoms with Gasteiger partial charge in [0.2, 0.25) is 0 Å². The molecule has 0 radical (unpaired) electrons. The summed E-state index contributed by atoms with van der Waals surface area (Å²) < 4.78 is 0. The summed E-state index contributed by atoms with van der Waals surface area (Å²) in [4.78, 5) is 12.1. The number of hydrogen-bond donors (Lipinski definition) is 0. The Bertz CT molecular complexity index is 246. The van der Waals surface area contributed by atoms with Crippen LogP contribution in [-0.4, -0.2) is 5.78 Å². The van der Waals surface area contributed by atoms with E-state index in [1.165, 1.54) is 38.5 Å². The normalized spacial score (nSPS) is 41.8. The molecular formula is C15H26O. The van der Waals surface area contributed by atoms with Crippen molar-refractivity contribution >= 4 is 5.78 Å². The standard InChI is InChI=1S/C15H26O/c1-11-8-9-13(10-12(11)2)14-6-4-3-5-7-15(14)16/h11-14H,3-10H2,1-2H3. The van der Waals surface area contributed by atoms with Crippen molar-refractivity contribution in [2.45, 2.75) is 65.2 Å². The van der Waals surface area contributed by atoms with Crippen molar-refractivity contribution in [2.75, 3.05) is 0 Å². The van der Waals surface area contributed by atoms with Gasteiger partial charge in [0.25, 0.3) is 0 Å². The molecule has 1 heteroatoms. The first kappa shape index (κ1) is 12.1. The maximum Gasteiger partial charge on any atom is 0.136 e. The average Bonchev–Trinajstić information content (AvgIpc) is 2.47. The fourth-order valence-electron chi connectivity index (χ4n) is 3.64. The summed E-state index contributed by atoms with van der Waals surface area (Å²) in [7, 11) is 0. The van der Waals surface area contributed by atoms with Crippen LogP contribution in [0.15, 0.2) is 0 Å². The Balaban J connectivity index is 1.97. The van der Waals surface area contributed by atoms with Crippen molar-refractivity contribution in [3.05, 3.63) is 0 Å². The highest BCUT2D eigenvalue weighted by molar-refractivity contribution is 5.81. The lowest BCUT2D eigenvalue weighted by atomic mass is 9.69. The zero-order valence-corrected chi connectivity index (χ0v) is 10.9. The largest absolute Gasteiger partial charge is 0.299 e. The van der Waals surface area contributed by atoms with Gasteiger partial charge in [-0.15, -0.1) is 0 Å². The van der Waals surface area contributed by atoms with Crippen molar-refractivity contribution in [2.24, 2.45) is 23.7 Å². The maximum atomic E-state index is 12.1. The highest BCUT2D eigenvalue weighted by Crippen LogP contribution is 2.40. The van der Waals surface area contributed by atoms with E-state index in [4.69, 9.17) is 0 Å². The first-order valence-corrected chi connectivity index (χ1v) is 7.21. The molecule has 0 amide bonds. The molecule has 0 aromatic rings. The van der Waals surface area contributed by atoms with Crippen LogP contribution in [0.4, 0.5) is 0 Å². The number of rotatable bonds is 1. The third-order valence-corrected chi connectivity index (χ3v) is 5.06. The molecule has 2 aliphatic carbocycles. The average molecular weight is 222 g/mol. The van der Waals surface area contributed by atoms with Gasteiger partial charge in [-0.2, -0.15) is 0 Å². The molecule has 2 saturated carbocycles. The van der Waals surface area contributed by atoms with Crippen molar-refractivity contribution in [1.82, 2.24) is 0 Å². The summed E-state index contributed by atoms with van der Waals surface area (Å²) in [5.74, 6) is 3.44. The third-order valence-electron chi connectivity index (χ3n) is 5.06. The monoisotopic (exact) mass is 222 g/mol. The van der Waals surface area contributed by atoms with Crippen molar-refractivity contribution in [3.8, 4) is 0 Å². The summed E-state index contributed by atoms with van der Waals surface area (Å²) >= 11 is 0. The van der Waals surface area contributed by atoms with Crippen LogP contribution < -0.4 is 0 Å². The van der Waals surface area contributed by atoms with Gasteiger partial charge < -0.3 is 0 Å². The van der Waals surface area contributed by atoms with Crippen LogP contribution in [0.3, 0.4) is 0 Å². The number of ketones is 1. The lowest BCUT2D eigenvalue weighted by molar-refractivity contribution is -0.125. The lowest BCUT2D eigenvalue weighted by Crippen LogP contribution is -2.30. The summed E-state index contributed by atoms with van der Waals surface area (Å²) in [6.45, 7) is 4.74. The van der Waals surface area contributed by atoms with Crippen LogP contribution in [-0.2, 0) is 4.79 Å². The fourth-order valence-corrected chi connectivity index (χ4v) is 3.64. The zero-order chi connectivity index (χ0) is 11.5. The zero-order valence-electron chi connectivity index (χ0n) is 10.9. The molecule has 4 unspecified atom stereocenters. The molecule has 0 spiro atoms. The predicted molar refractivity (Wildman–Crippen MR) is 67.3 cm³/mol. The number of carbonyl (C=O) groups is 1. The minimum atomic E-state index is 0.428. The summed E-state index contributed by atoms with van der Waals surface area (Å²) in [6, 6.07) is 0. The molecule has 4 atom stereocenters. The number of carbonyl (C=O) groups excluding carboxylic acids is 1. The SMILES string of the molecule is CC1CCC(C2CCCCCC2=O)CC1C. The van der Waals surface area contributed by atoms with E-state index in [0.29, 0.717) is 11.7 Å². The first-order chi connectivity index (χ1) is 7.68. The van der Waals surface area contributed by atoms with E-state index in [1.54, 1.807) is 0 Å². The van der Waals surface area contributed by atoms with Gasteiger partial charge in [0.15, 0.2) is 0 Å². The molecule has 16 heavy (non-hydrogen) atoms. The first-order valence-electron chi connectivity index (χ1n) is 7.21. The van der Waals surface area contributed by atoms with E-state index in [-0.39, 0.29) is 0 Å². The van der Waals surface area contributed by atoms with Crippen LogP contribution in [0.5, 0.6) is 0 Å². The van der Waals surface area contributed by atoms with Crippen molar-refractivity contribution in [3.63, 3.8) is 0 Å². The summed E-state index contributed by atoms with van der Waals surface area (Å²) in [5.41, 5.74) is 0. The van der Waals surface area contributed by atoms with Crippen molar-refractivity contribution in [1.29, 1.82) is 0 Å². The topological polar surface area (TPSA) is 17.1 Å². The molecule has 0 N–H and O–H groups in total. The Hall–Kier alpha value is -0.330. The molecule has 0 heterocycles. The second-order valence-corrected chi connectivity index (χ2v) is 6.20. The second kappa shape index (κ2) is 5.33. The van der Waals surface area contributed by atoms with Crippen LogP contribution in [0, 0.1) is 23.7 Å². The fraction of sp³-hybridized carbons (Fsp3) is 0.933. The van der Waals surface area contributed by atoms with Gasteiger partial charge in [0.1, 0.15) is 5.78 Å². The highest BCUT2D eigenvalue weighted by atomic mass is 16.1. The Morgan fingerprint density at radius 2 is 1.75 bits per heavy atom. The quantitative estimate of drug-likeness (QED) is 0.607. The molecule has 2 aliphatic rings. The van der Waals surface area contributed by atoms with E-state index in [1.807, 2.05) is 0 Å². The minimum absolute atomic E-state index is 0.428. The van der Waals surface area contributed by atoms with E-state index >= 15 is 0 Å². The maximum absolute atomic E-state index is 12.1. The number of Topliss-reactive ketones (excluding diaryl/α,β-unsaturated/α-hetero) is 1. The molecule has 0 aromatic heterocycles. The Morgan fingerprint density at radius 1 is 0.938 bits per heavy atom. The van der Waals surface area contributed by atoms with Crippen LogP contribution in [0.25, 0.3) is 0 Å². The molecule has 0 aromatic carbocycles. The molecule has 0 saturated heterocycles. The van der Waals surface area contributed by atoms with Gasteiger partial charge in [-0.25, -0.2) is 0 Å². The van der Waals surface area contributed by atoms with Gasteiger partial charge in [-0.05, 0) is 43.4 Å². The van der Waals surface area contributed by atoms with Gasteiger partial charge in [0.05, 0.1) is 0 Å². The van der Waals surface area contributed by atoms with Crippen LogP contribution in [0.1, 0.15) is 65.2 Å². The molecule has 2 rings (SSSR count). The Labute approximate surface area is 100.0 Å². The van der Waals surface area contributed by atoms with E-state index in [2.05, 4.69) is 13.8 Å². The van der Waals surface area contributed by atoms with Gasteiger partial charge >= 0.3 is 0 Å². The van der Waals surface area contributed by atoms with E-state index < -0.39 is 0 Å². The highest BCUT2D eigenvalue weighted by Gasteiger charge is 2.33. The Kier molecular flexibility index (Phi) is 4.05. The molecule has 1 nitrogen and oxygen atoms in total. The van der Waals surface area contributed by atoms with Crippen molar-refractivity contribution < 1.29 is 4.79 Å². The van der Waals surface area contributed by atoms with Gasteiger partial charge in [0, 0.05) is 12.3 Å². The van der Waals surface area contributed by atoms with E-state index in [0.717, 1.165) is 30.6 Å². The second-order valence-electron chi connectivity index (χ2n) is 6.20. The smallest absolute Gasteiger partial charge is 0.136 e. The Morgan fingerprint density at radius 3 is 2.50 bits per heavy atom. The van der Waals surface area contributed by atoms with Crippen LogP contribution >= 0.6 is 0 Å². The lowest BCUT2D eigenvalue weighted by Gasteiger charge is -2.35. The molecule has 92 valence electrons. The predicted octanol–water partition coefficient (Wildman–Crippen LogP) is 4.21. The molecule has 2 fully saturated rings. The molecule has 0 bridgehead atoms. The third kappa shape index (κ3) is 2.67.